The Balaban J connectivity index is 1.89. The van der Waals surface area contributed by atoms with Gasteiger partial charge in [0.2, 0.25) is 21.8 Å². The lowest BCUT2D eigenvalue weighted by Crippen LogP contribution is -2.18. The third kappa shape index (κ3) is 4.78. The first kappa shape index (κ1) is 20.5. The molecule has 29 heavy (non-hydrogen) atoms. The van der Waals surface area contributed by atoms with Crippen LogP contribution in [0.5, 0.6) is 0 Å². The zero-order chi connectivity index (χ0) is 21.2. The second-order valence-corrected chi connectivity index (χ2v) is 7.42. The molecule has 1 heterocycles. The maximum absolute atomic E-state index is 13.7. The van der Waals surface area contributed by atoms with E-state index in [2.05, 4.69) is 15.4 Å². The number of sulfonamides is 1. The minimum atomic E-state index is -4.30. The van der Waals surface area contributed by atoms with Gasteiger partial charge in [-0.15, -0.1) is 5.10 Å². The van der Waals surface area contributed by atoms with Crippen molar-refractivity contribution in [3.8, 4) is 5.69 Å². The molecule has 0 aliphatic heterocycles. The van der Waals surface area contributed by atoms with Gasteiger partial charge in [0.1, 0.15) is 17.0 Å². The lowest BCUT2D eigenvalue weighted by atomic mass is 10.1. The van der Waals surface area contributed by atoms with Gasteiger partial charge in [0.15, 0.2) is 0 Å². The van der Waals surface area contributed by atoms with Gasteiger partial charge in [0, 0.05) is 5.69 Å². The second-order valence-electron chi connectivity index (χ2n) is 5.89. The van der Waals surface area contributed by atoms with Gasteiger partial charge in [0.05, 0.1) is 12.1 Å². The molecular formula is C17H14F3N5O3S. The van der Waals surface area contributed by atoms with Crippen LogP contribution >= 0.6 is 0 Å². The fraction of sp³-hybridized carbons (Fsp3) is 0.118. The number of rotatable bonds is 6. The zero-order valence-corrected chi connectivity index (χ0v) is 15.4. The Morgan fingerprint density at radius 2 is 1.93 bits per heavy atom. The molecule has 3 rings (SSSR count). The molecule has 2 aromatic carbocycles. The van der Waals surface area contributed by atoms with E-state index in [0.717, 1.165) is 17.1 Å². The summed E-state index contributed by atoms with van der Waals surface area (Å²) in [4.78, 5) is 15.1. The average molecular weight is 425 g/mol. The molecule has 0 saturated heterocycles. The summed E-state index contributed by atoms with van der Waals surface area (Å²) < 4.78 is 63.8. The molecule has 0 aliphatic rings. The Labute approximate surface area is 163 Å². The number of benzene rings is 2. The number of nitrogens with two attached hydrogens (primary N) is 1. The summed E-state index contributed by atoms with van der Waals surface area (Å²) in [7, 11) is -4.30. The van der Waals surface area contributed by atoms with Gasteiger partial charge in [0.25, 0.3) is 6.43 Å². The normalized spacial score (nSPS) is 11.6. The number of carbonyl (C=O) groups excluding carboxylic acids is 1. The van der Waals surface area contributed by atoms with Crippen LogP contribution in [0, 0.1) is 5.82 Å². The number of nitrogens with zero attached hydrogens (tertiary/aromatic N) is 3. The predicted molar refractivity (Wildman–Crippen MR) is 96.4 cm³/mol. The van der Waals surface area contributed by atoms with Crippen molar-refractivity contribution in [3.63, 3.8) is 0 Å². The third-order valence-electron chi connectivity index (χ3n) is 3.81. The standard InChI is InChI=1S/C17H14F3N5O3S/c18-12-4-2-1-3-10(12)7-15(26)23-11-5-6-13(14(8-11)29(21,27)28)25-9-22-17(24-25)16(19)20/h1-6,8-9,16H,7H2,(H,23,26)(H2,21,27,28). The molecule has 0 radical (unpaired) electrons. The fourth-order valence-corrected chi connectivity index (χ4v) is 3.27. The highest BCUT2D eigenvalue weighted by Gasteiger charge is 2.20. The molecule has 0 saturated carbocycles. The molecule has 0 atom stereocenters. The van der Waals surface area contributed by atoms with Crippen LogP contribution < -0.4 is 10.5 Å². The molecule has 3 N–H and O–H groups in total. The number of hydrogen-bond acceptors (Lipinski definition) is 5. The highest BCUT2D eigenvalue weighted by molar-refractivity contribution is 7.89. The van der Waals surface area contributed by atoms with Gasteiger partial charge < -0.3 is 5.32 Å². The molecule has 8 nitrogen and oxygen atoms in total. The number of halogens is 3. The van der Waals surface area contributed by atoms with Crippen molar-refractivity contribution >= 4 is 21.6 Å². The van der Waals surface area contributed by atoms with Crippen molar-refractivity contribution in [2.75, 3.05) is 5.32 Å². The molecule has 0 spiro atoms. The van der Waals surface area contributed by atoms with Crippen LogP contribution in [-0.4, -0.2) is 29.1 Å². The highest BCUT2D eigenvalue weighted by atomic mass is 32.2. The van der Waals surface area contributed by atoms with Crippen LogP contribution in [0.15, 0.2) is 53.7 Å². The Bertz CT molecular complexity index is 1160. The van der Waals surface area contributed by atoms with E-state index in [1.54, 1.807) is 6.07 Å². The van der Waals surface area contributed by atoms with Crippen LogP contribution in [0.3, 0.4) is 0 Å². The smallest absolute Gasteiger partial charge is 0.299 e. The Morgan fingerprint density at radius 3 is 2.55 bits per heavy atom. The Morgan fingerprint density at radius 1 is 1.21 bits per heavy atom. The summed E-state index contributed by atoms with van der Waals surface area (Å²) in [5.74, 6) is -1.93. The van der Waals surface area contributed by atoms with Gasteiger partial charge >= 0.3 is 0 Å². The van der Waals surface area contributed by atoms with Gasteiger partial charge in [-0.25, -0.2) is 36.4 Å². The van der Waals surface area contributed by atoms with Crippen LogP contribution in [0.4, 0.5) is 18.9 Å². The lowest BCUT2D eigenvalue weighted by molar-refractivity contribution is -0.115. The minimum Gasteiger partial charge on any atom is -0.326 e. The number of alkyl halides is 2. The molecule has 1 amide bonds. The van der Waals surface area contributed by atoms with E-state index in [1.807, 2.05) is 0 Å². The van der Waals surface area contributed by atoms with Crippen molar-refractivity contribution < 1.29 is 26.4 Å². The monoisotopic (exact) mass is 425 g/mol. The van der Waals surface area contributed by atoms with Crippen LogP contribution in [0.2, 0.25) is 0 Å². The van der Waals surface area contributed by atoms with Gasteiger partial charge in [-0.1, -0.05) is 18.2 Å². The topological polar surface area (TPSA) is 120 Å². The minimum absolute atomic E-state index is 0.0633. The molecule has 0 unspecified atom stereocenters. The molecule has 152 valence electrons. The molecular weight excluding hydrogens is 411 g/mol. The van der Waals surface area contributed by atoms with Crippen LogP contribution in [-0.2, 0) is 21.2 Å². The maximum atomic E-state index is 13.7. The Kier molecular flexibility index (Phi) is 5.66. The molecule has 0 bridgehead atoms. The number of hydrogen-bond donors (Lipinski definition) is 2. The van der Waals surface area contributed by atoms with E-state index in [9.17, 15) is 26.4 Å². The van der Waals surface area contributed by atoms with Crippen molar-refractivity contribution in [2.24, 2.45) is 5.14 Å². The van der Waals surface area contributed by atoms with E-state index in [4.69, 9.17) is 5.14 Å². The first-order valence-electron chi connectivity index (χ1n) is 8.05. The quantitative estimate of drug-likeness (QED) is 0.627. The summed E-state index contributed by atoms with van der Waals surface area (Å²) in [6.07, 6.45) is -2.30. The number of primary sulfonamides is 1. The van der Waals surface area contributed by atoms with E-state index in [1.165, 1.54) is 30.3 Å². The molecule has 0 aliphatic carbocycles. The fourth-order valence-electron chi connectivity index (χ4n) is 2.52. The second kappa shape index (κ2) is 8.01. The lowest BCUT2D eigenvalue weighted by Gasteiger charge is -2.11. The van der Waals surface area contributed by atoms with Crippen LogP contribution in [0.25, 0.3) is 5.69 Å². The molecule has 12 heteroatoms. The maximum Gasteiger partial charge on any atom is 0.299 e. The predicted octanol–water partition coefficient (Wildman–Crippen LogP) is 2.17. The van der Waals surface area contributed by atoms with Crippen LogP contribution in [0.1, 0.15) is 17.8 Å². The van der Waals surface area contributed by atoms with Gasteiger partial charge in [-0.3, -0.25) is 4.79 Å². The first-order valence-corrected chi connectivity index (χ1v) is 9.60. The molecule has 1 aromatic heterocycles. The summed E-state index contributed by atoms with van der Waals surface area (Å²) in [6.45, 7) is 0. The number of nitrogens with one attached hydrogen (secondary N) is 1. The number of anilines is 1. The van der Waals surface area contributed by atoms with Crippen molar-refractivity contribution in [1.82, 2.24) is 14.8 Å². The van der Waals surface area contributed by atoms with E-state index >= 15 is 0 Å². The SMILES string of the molecule is NS(=O)(=O)c1cc(NC(=O)Cc2ccccc2F)ccc1-n1cnc(C(F)F)n1. The largest absolute Gasteiger partial charge is 0.326 e. The average Bonchev–Trinajstić information content (AvgIpc) is 3.13. The number of aromatic nitrogens is 3. The zero-order valence-electron chi connectivity index (χ0n) is 14.6. The van der Waals surface area contributed by atoms with Crippen molar-refractivity contribution in [2.45, 2.75) is 17.7 Å². The van der Waals surface area contributed by atoms with E-state index < -0.39 is 38.9 Å². The summed E-state index contributed by atoms with van der Waals surface area (Å²) in [5.41, 5.74) is 0.0998. The molecule has 0 fully saturated rings. The van der Waals surface area contributed by atoms with E-state index in [0.29, 0.717) is 0 Å². The Hall–Kier alpha value is -3.25. The van der Waals surface area contributed by atoms with E-state index in [-0.39, 0.29) is 23.4 Å². The summed E-state index contributed by atoms with van der Waals surface area (Å²) >= 11 is 0. The summed E-state index contributed by atoms with van der Waals surface area (Å²) in [5, 5.41) is 11.2. The first-order chi connectivity index (χ1) is 13.6. The molecule has 3 aromatic rings. The van der Waals surface area contributed by atoms with Crippen molar-refractivity contribution in [1.29, 1.82) is 0 Å². The number of amides is 1. The number of carbonyl (C=O) groups is 1. The summed E-state index contributed by atoms with van der Waals surface area (Å²) in [6, 6.07) is 9.31. The highest BCUT2D eigenvalue weighted by Crippen LogP contribution is 2.24. The van der Waals surface area contributed by atoms with Gasteiger partial charge in [-0.2, -0.15) is 0 Å². The third-order valence-corrected chi connectivity index (χ3v) is 4.75. The van der Waals surface area contributed by atoms with Crippen molar-refractivity contribution in [3.05, 3.63) is 66.0 Å². The van der Waals surface area contributed by atoms with Gasteiger partial charge in [-0.05, 0) is 29.8 Å².